The van der Waals surface area contributed by atoms with Gasteiger partial charge in [0.25, 0.3) is 5.69 Å². The molecule has 10 rings (SSSR count). The quantitative estimate of drug-likeness (QED) is 0.143. The zero-order valence-electron chi connectivity index (χ0n) is 38.0. The predicted octanol–water partition coefficient (Wildman–Crippen LogP) is 15.0. The summed E-state index contributed by atoms with van der Waals surface area (Å²) < 4.78 is 32.5. The molecule has 5 nitrogen and oxygen atoms in total. The Balaban J connectivity index is 1.15. The van der Waals surface area contributed by atoms with Gasteiger partial charge in [0.1, 0.15) is 17.3 Å². The van der Waals surface area contributed by atoms with Crippen LogP contribution >= 0.6 is 0 Å². The molecule has 0 bridgehead atoms. The van der Waals surface area contributed by atoms with E-state index in [1.165, 1.54) is 5.56 Å². The minimum absolute atomic E-state index is 0.0351. The van der Waals surface area contributed by atoms with E-state index in [2.05, 4.69) is 157 Å². The van der Waals surface area contributed by atoms with Crippen molar-refractivity contribution in [3.63, 3.8) is 0 Å². The van der Waals surface area contributed by atoms with Gasteiger partial charge in [0.2, 0.25) is 11.4 Å². The third-order valence-corrected chi connectivity index (χ3v) is 11.4. The SMILES string of the molecule is [2H]C([2H])(c1cccc2c1[N+](c1c(-c3ccccc3)cccc1-c1ccccc1)=C=[N+]2c1cccc(Oc2ccc3c4ccccc4n(-c4cc(C(C)(C)C)ccn4)c3c2)c1)C(C)(C)C. The number of fused-ring (bicyclic) bond motifs is 4. The second-order valence-corrected chi connectivity index (χ2v) is 18.0. The number of aromatic nitrogens is 2. The molecule has 0 spiro atoms. The van der Waals surface area contributed by atoms with Crippen molar-refractivity contribution in [3.05, 3.63) is 193 Å². The van der Waals surface area contributed by atoms with Gasteiger partial charge in [-0.15, -0.1) is 0 Å². The molecule has 2 aromatic heterocycles. The van der Waals surface area contributed by atoms with Gasteiger partial charge in [-0.2, -0.15) is 0 Å². The van der Waals surface area contributed by atoms with Crippen LogP contribution in [-0.2, 0) is 11.8 Å². The maximum absolute atomic E-state index is 9.67. The molecular weight excluding hydrogens is 757 g/mol. The van der Waals surface area contributed by atoms with Gasteiger partial charge in [-0.05, 0) is 91.6 Å². The summed E-state index contributed by atoms with van der Waals surface area (Å²) in [7, 11) is 0. The third kappa shape index (κ3) is 7.21. The van der Waals surface area contributed by atoms with Crippen LogP contribution in [0.25, 0.3) is 49.9 Å². The van der Waals surface area contributed by atoms with Crippen LogP contribution in [0.3, 0.4) is 0 Å². The van der Waals surface area contributed by atoms with E-state index < -0.39 is 11.8 Å². The average molecular weight is 809 g/mol. The highest BCUT2D eigenvalue weighted by Gasteiger charge is 2.42. The molecule has 0 atom stereocenters. The number of rotatable bonds is 8. The summed E-state index contributed by atoms with van der Waals surface area (Å²) in [6.45, 7) is 12.5. The van der Waals surface area contributed by atoms with E-state index in [1.807, 2.05) is 86.1 Å². The molecule has 1 aliphatic heterocycles. The highest BCUT2D eigenvalue weighted by molar-refractivity contribution is 6.09. The van der Waals surface area contributed by atoms with Crippen LogP contribution in [-0.4, -0.2) is 15.6 Å². The van der Waals surface area contributed by atoms with Crippen molar-refractivity contribution in [1.29, 1.82) is 0 Å². The molecule has 0 amide bonds. The first-order chi connectivity index (χ1) is 30.8. The zero-order chi connectivity index (χ0) is 44.4. The molecule has 0 saturated carbocycles. The lowest BCUT2D eigenvalue weighted by molar-refractivity contribution is 0.411. The van der Waals surface area contributed by atoms with Crippen molar-refractivity contribution in [2.45, 2.75) is 53.3 Å². The lowest BCUT2D eigenvalue weighted by Gasteiger charge is -2.20. The molecule has 0 aliphatic carbocycles. The number of ether oxygens (including phenoxy) is 1. The Labute approximate surface area is 367 Å². The fraction of sp³-hybridized carbons (Fsp3) is 0.158. The predicted molar refractivity (Wildman–Crippen MR) is 259 cm³/mol. The van der Waals surface area contributed by atoms with Crippen molar-refractivity contribution in [2.75, 3.05) is 0 Å². The van der Waals surface area contributed by atoms with Gasteiger partial charge < -0.3 is 4.74 Å². The molecule has 62 heavy (non-hydrogen) atoms. The summed E-state index contributed by atoms with van der Waals surface area (Å²) in [6.07, 6.45) is 0.190. The fourth-order valence-corrected chi connectivity index (χ4v) is 8.59. The van der Waals surface area contributed by atoms with E-state index in [-0.39, 0.29) is 5.41 Å². The van der Waals surface area contributed by atoms with Gasteiger partial charge in [-0.3, -0.25) is 4.57 Å². The van der Waals surface area contributed by atoms with Crippen molar-refractivity contribution < 1.29 is 7.48 Å². The monoisotopic (exact) mass is 808 g/mol. The molecule has 0 fully saturated rings. The molecule has 3 heterocycles. The Morgan fingerprint density at radius 2 is 1.23 bits per heavy atom. The van der Waals surface area contributed by atoms with Gasteiger partial charge >= 0.3 is 11.7 Å². The number of hydrogen-bond acceptors (Lipinski definition) is 2. The second kappa shape index (κ2) is 15.3. The van der Waals surface area contributed by atoms with Crippen LogP contribution in [0, 0.1) is 5.41 Å². The summed E-state index contributed by atoms with van der Waals surface area (Å²) >= 11 is 0. The maximum Gasteiger partial charge on any atom is 0.503 e. The molecule has 302 valence electrons. The molecular formula is C57H50N4O+2. The van der Waals surface area contributed by atoms with E-state index in [0.29, 0.717) is 17.1 Å². The van der Waals surface area contributed by atoms with E-state index in [4.69, 9.17) is 9.72 Å². The minimum atomic E-state index is -1.71. The molecule has 0 radical (unpaired) electrons. The number of pyridine rings is 1. The highest BCUT2D eigenvalue weighted by Crippen LogP contribution is 2.47. The molecule has 0 N–H and O–H groups in total. The van der Waals surface area contributed by atoms with Gasteiger partial charge in [0.15, 0.2) is 0 Å². The summed E-state index contributed by atoms with van der Waals surface area (Å²) in [6, 6.07) is 63.9. The fourth-order valence-electron chi connectivity index (χ4n) is 8.59. The molecule has 0 saturated heterocycles. The van der Waals surface area contributed by atoms with Gasteiger partial charge in [-0.25, -0.2) is 4.98 Å². The van der Waals surface area contributed by atoms with Crippen LogP contribution in [0.2, 0.25) is 0 Å². The van der Waals surface area contributed by atoms with E-state index in [1.54, 1.807) is 0 Å². The van der Waals surface area contributed by atoms with E-state index >= 15 is 0 Å². The van der Waals surface area contributed by atoms with E-state index in [0.717, 1.165) is 72.6 Å². The van der Waals surface area contributed by atoms with Crippen LogP contribution in [0.1, 0.15) is 55.4 Å². The number of para-hydroxylation sites is 3. The van der Waals surface area contributed by atoms with E-state index in [9.17, 15) is 2.74 Å². The number of hydrogen-bond donors (Lipinski definition) is 0. The molecule has 1 aliphatic rings. The smallest absolute Gasteiger partial charge is 0.457 e. The highest BCUT2D eigenvalue weighted by atomic mass is 16.5. The van der Waals surface area contributed by atoms with Crippen LogP contribution in [0.5, 0.6) is 11.5 Å². The molecule has 0 unspecified atom stereocenters. The van der Waals surface area contributed by atoms with Gasteiger partial charge in [0.05, 0.1) is 28.2 Å². The lowest BCUT2D eigenvalue weighted by atomic mass is 9.87. The standard InChI is InChI=1S/C57H50N4O/c1-56(2,3)37-41-22-15-29-51-54(41)60(55-46(39-18-9-7-10-19-39)26-17-27-47(55)40-20-11-8-12-21-40)38-59(51)43-23-16-24-44(35-43)62-45-30-31-49-48-25-13-14-28-50(48)61(52(49)36-45)53-34-42(32-33-58-53)57(4,5)6/h7-36H,37H2,1-6H3/q+2/i37D2. The first-order valence-corrected chi connectivity index (χ1v) is 21.3. The van der Waals surface area contributed by atoms with Crippen LogP contribution < -0.4 is 13.9 Å². The Kier molecular flexibility index (Phi) is 9.01. The summed E-state index contributed by atoms with van der Waals surface area (Å²) in [5.41, 5.74) is 10.6. The third-order valence-electron chi connectivity index (χ3n) is 11.4. The molecule has 9 aromatic rings. The summed E-state index contributed by atoms with van der Waals surface area (Å²) in [5, 5.41) is 2.27. The average Bonchev–Trinajstić information content (AvgIpc) is 3.85. The van der Waals surface area contributed by atoms with Gasteiger partial charge in [-0.1, -0.05) is 145 Å². The zero-order valence-corrected chi connectivity index (χ0v) is 36.0. The summed E-state index contributed by atoms with van der Waals surface area (Å²) in [5.74, 6) is 2.22. The lowest BCUT2D eigenvalue weighted by Crippen LogP contribution is -2.12. The summed E-state index contributed by atoms with van der Waals surface area (Å²) in [4.78, 5) is 4.87. The molecule has 7 aromatic carbocycles. The first-order valence-electron chi connectivity index (χ1n) is 22.3. The van der Waals surface area contributed by atoms with Gasteiger partial charge in [0, 0.05) is 43.5 Å². The number of benzene rings is 7. The number of nitrogens with zero attached hydrogens (tertiary/aromatic N) is 4. The Hall–Kier alpha value is -7.33. The minimum Gasteiger partial charge on any atom is -0.457 e. The van der Waals surface area contributed by atoms with Crippen molar-refractivity contribution >= 4 is 50.6 Å². The van der Waals surface area contributed by atoms with Crippen molar-refractivity contribution in [3.8, 4) is 39.6 Å². The van der Waals surface area contributed by atoms with Crippen molar-refractivity contribution in [1.82, 2.24) is 18.7 Å². The van der Waals surface area contributed by atoms with Crippen molar-refractivity contribution in [2.24, 2.45) is 5.41 Å². The topological polar surface area (TPSA) is 33.1 Å². The Bertz CT molecular complexity index is 3270. The normalized spacial score (nSPS) is 13.4. The van der Waals surface area contributed by atoms with Crippen LogP contribution in [0.4, 0.5) is 22.7 Å². The maximum atomic E-state index is 9.67. The first kappa shape index (κ1) is 36.5. The Morgan fingerprint density at radius 3 is 1.94 bits per heavy atom. The molecule has 5 heteroatoms. The Morgan fingerprint density at radius 1 is 0.581 bits per heavy atom. The van der Waals surface area contributed by atoms with Crippen LogP contribution in [0.15, 0.2) is 182 Å². The largest absolute Gasteiger partial charge is 0.503 e. The second-order valence-electron chi connectivity index (χ2n) is 18.0.